The summed E-state index contributed by atoms with van der Waals surface area (Å²) in [5, 5.41) is 20.1. The van der Waals surface area contributed by atoms with Crippen molar-refractivity contribution in [2.45, 2.75) is 6.42 Å². The molecule has 102 valence electrons. The van der Waals surface area contributed by atoms with Gasteiger partial charge in [0.25, 0.3) is 0 Å². The molecule has 0 aromatic carbocycles. The summed E-state index contributed by atoms with van der Waals surface area (Å²) in [5.74, 6) is -0.123. The number of aromatic nitrogens is 3. The van der Waals surface area contributed by atoms with Crippen molar-refractivity contribution in [2.75, 3.05) is 18.5 Å². The quantitative estimate of drug-likeness (QED) is 0.501. The van der Waals surface area contributed by atoms with Gasteiger partial charge in [-0.3, -0.25) is 14.7 Å². The first kappa shape index (κ1) is 13.9. The van der Waals surface area contributed by atoms with E-state index in [0.29, 0.717) is 16.7 Å². The highest BCUT2D eigenvalue weighted by molar-refractivity contribution is 7.18. The molecule has 0 atom stereocenters. The zero-order chi connectivity index (χ0) is 14.4. The number of carbonyl (C=O) groups excluding carboxylic acids is 1. The van der Waals surface area contributed by atoms with Gasteiger partial charge >= 0.3 is 0 Å². The highest BCUT2D eigenvalue weighted by Gasteiger charge is 2.16. The number of hydrogen-bond acceptors (Lipinski definition) is 7. The van der Waals surface area contributed by atoms with E-state index >= 15 is 0 Å². The topological polar surface area (TPSA) is 94.8 Å². The number of nitriles is 1. The summed E-state index contributed by atoms with van der Waals surface area (Å²) in [5.41, 5.74) is 0.864. The van der Waals surface area contributed by atoms with E-state index in [-0.39, 0.29) is 12.3 Å². The van der Waals surface area contributed by atoms with Crippen LogP contribution in [0.5, 0.6) is 0 Å². The van der Waals surface area contributed by atoms with Crippen LogP contribution in [0.3, 0.4) is 0 Å². The third kappa shape index (κ3) is 3.27. The van der Waals surface area contributed by atoms with Gasteiger partial charge in [-0.25, -0.2) is 0 Å². The molecule has 0 saturated heterocycles. The zero-order valence-electron chi connectivity index (χ0n) is 10.8. The average molecular weight is 288 g/mol. The highest BCUT2D eigenvalue weighted by Crippen LogP contribution is 2.27. The van der Waals surface area contributed by atoms with Crippen LogP contribution in [0.1, 0.15) is 6.42 Å². The van der Waals surface area contributed by atoms with E-state index in [9.17, 15) is 4.79 Å². The third-order valence-corrected chi connectivity index (χ3v) is 3.58. The summed E-state index contributed by atoms with van der Waals surface area (Å²) >= 11 is 1.32. The van der Waals surface area contributed by atoms with Crippen molar-refractivity contribution in [1.29, 1.82) is 5.26 Å². The van der Waals surface area contributed by atoms with E-state index in [1.165, 1.54) is 16.2 Å². The minimum atomic E-state index is -0.123. The van der Waals surface area contributed by atoms with Gasteiger partial charge in [0.1, 0.15) is 0 Å². The molecule has 0 saturated carbocycles. The van der Waals surface area contributed by atoms with Crippen molar-refractivity contribution in [1.82, 2.24) is 20.5 Å². The van der Waals surface area contributed by atoms with Crippen LogP contribution < -0.4 is 10.2 Å². The van der Waals surface area contributed by atoms with E-state index in [1.54, 1.807) is 25.6 Å². The first-order chi connectivity index (χ1) is 9.72. The Kier molecular flexibility index (Phi) is 4.57. The van der Waals surface area contributed by atoms with Crippen molar-refractivity contribution in [2.24, 2.45) is 0 Å². The van der Waals surface area contributed by atoms with Crippen LogP contribution in [0.4, 0.5) is 5.13 Å². The molecule has 0 radical (unpaired) electrons. The summed E-state index contributed by atoms with van der Waals surface area (Å²) < 4.78 is 0. The largest absolute Gasteiger partial charge is 0.323 e. The van der Waals surface area contributed by atoms with Gasteiger partial charge < -0.3 is 5.32 Å². The summed E-state index contributed by atoms with van der Waals surface area (Å²) in [6.45, 7) is 0.313. The molecule has 2 aromatic heterocycles. The average Bonchev–Trinajstić information content (AvgIpc) is 2.97. The van der Waals surface area contributed by atoms with Crippen LogP contribution in [-0.2, 0) is 4.79 Å². The van der Waals surface area contributed by atoms with Crippen molar-refractivity contribution < 1.29 is 4.79 Å². The zero-order valence-corrected chi connectivity index (χ0v) is 11.6. The summed E-state index contributed by atoms with van der Waals surface area (Å²) in [4.78, 5) is 17.3. The second-order valence-corrected chi connectivity index (χ2v) is 4.83. The van der Waals surface area contributed by atoms with Crippen LogP contribution in [0.25, 0.3) is 10.6 Å². The molecule has 20 heavy (non-hydrogen) atoms. The Labute approximate surface area is 119 Å². The molecule has 0 bridgehead atoms. The molecule has 8 heteroatoms. The third-order valence-electron chi connectivity index (χ3n) is 2.53. The Balaban J connectivity index is 2.05. The van der Waals surface area contributed by atoms with Crippen LogP contribution in [0, 0.1) is 11.5 Å². The van der Waals surface area contributed by atoms with E-state index in [1.807, 2.05) is 12.1 Å². The lowest BCUT2D eigenvalue weighted by molar-refractivity contribution is -0.118. The fraction of sp³-hybridized carbons (Fsp3) is 0.250. The van der Waals surface area contributed by atoms with Gasteiger partial charge in [0.05, 0.1) is 0 Å². The Hall–Kier alpha value is -2.53. The molecule has 0 aliphatic heterocycles. The van der Waals surface area contributed by atoms with Crippen molar-refractivity contribution in [3.8, 4) is 16.8 Å². The lowest BCUT2D eigenvalue weighted by Crippen LogP contribution is -2.28. The van der Waals surface area contributed by atoms with Crippen molar-refractivity contribution >= 4 is 22.4 Å². The first-order valence-corrected chi connectivity index (χ1v) is 6.66. The summed E-state index contributed by atoms with van der Waals surface area (Å²) in [6.07, 6.45) is 5.38. The number of nitrogens with zero attached hydrogens (tertiary/aromatic N) is 5. The number of anilines is 1. The molecule has 7 nitrogen and oxygen atoms in total. The summed E-state index contributed by atoms with van der Waals surface area (Å²) in [7, 11) is 1.64. The van der Waals surface area contributed by atoms with E-state index in [2.05, 4.69) is 20.5 Å². The molecule has 1 amide bonds. The number of amides is 1. The lowest BCUT2D eigenvalue weighted by atomic mass is 10.3. The predicted molar refractivity (Wildman–Crippen MR) is 74.8 cm³/mol. The number of carbonyl (C=O) groups is 1. The molecule has 0 fully saturated rings. The number of pyridine rings is 1. The SMILES string of the molecule is CN(C(=O)CCNC#N)c1nnc(-c2cccnc2)s1. The molecule has 0 unspecified atom stereocenters. The number of rotatable bonds is 5. The Bertz CT molecular complexity index is 620. The number of nitrogens with one attached hydrogen (secondary N) is 1. The normalized spacial score (nSPS) is 9.80. The maximum Gasteiger partial charge on any atom is 0.230 e. The van der Waals surface area contributed by atoms with Gasteiger partial charge in [-0.1, -0.05) is 11.3 Å². The highest BCUT2D eigenvalue weighted by atomic mass is 32.1. The van der Waals surface area contributed by atoms with Gasteiger partial charge in [0.15, 0.2) is 11.2 Å². The lowest BCUT2D eigenvalue weighted by Gasteiger charge is -2.12. The number of hydrogen-bond donors (Lipinski definition) is 1. The minimum absolute atomic E-state index is 0.123. The van der Waals surface area contributed by atoms with Crippen LogP contribution in [0.2, 0.25) is 0 Å². The van der Waals surface area contributed by atoms with E-state index in [0.717, 1.165) is 5.56 Å². The van der Waals surface area contributed by atoms with Crippen molar-refractivity contribution in [3.05, 3.63) is 24.5 Å². The predicted octanol–water partition coefficient (Wildman–Crippen LogP) is 1.02. The van der Waals surface area contributed by atoms with Gasteiger partial charge in [0.2, 0.25) is 11.0 Å². The molecule has 0 aliphatic carbocycles. The van der Waals surface area contributed by atoms with Gasteiger partial charge in [-0.2, -0.15) is 5.26 Å². The van der Waals surface area contributed by atoms with Gasteiger partial charge in [-0.15, -0.1) is 10.2 Å². The van der Waals surface area contributed by atoms with Crippen LogP contribution >= 0.6 is 11.3 Å². The minimum Gasteiger partial charge on any atom is -0.323 e. The Morgan fingerprint density at radius 1 is 1.55 bits per heavy atom. The molecule has 2 rings (SSSR count). The summed E-state index contributed by atoms with van der Waals surface area (Å²) in [6, 6.07) is 3.70. The molecule has 1 N–H and O–H groups in total. The van der Waals surface area contributed by atoms with E-state index in [4.69, 9.17) is 5.26 Å². The van der Waals surface area contributed by atoms with Gasteiger partial charge in [0, 0.05) is 38.0 Å². The first-order valence-electron chi connectivity index (χ1n) is 5.85. The maximum absolute atomic E-state index is 11.9. The van der Waals surface area contributed by atoms with Crippen LogP contribution in [-0.4, -0.2) is 34.7 Å². The Morgan fingerprint density at radius 3 is 3.10 bits per heavy atom. The van der Waals surface area contributed by atoms with Gasteiger partial charge in [-0.05, 0) is 12.1 Å². The monoisotopic (exact) mass is 288 g/mol. The smallest absolute Gasteiger partial charge is 0.230 e. The Morgan fingerprint density at radius 2 is 2.40 bits per heavy atom. The molecule has 0 aliphatic rings. The van der Waals surface area contributed by atoms with Crippen molar-refractivity contribution in [3.63, 3.8) is 0 Å². The van der Waals surface area contributed by atoms with Crippen LogP contribution in [0.15, 0.2) is 24.5 Å². The second kappa shape index (κ2) is 6.58. The molecule has 0 spiro atoms. The standard InChI is InChI=1S/C12H12N6OS/c1-18(10(19)4-6-15-8-13)12-17-16-11(20-12)9-3-2-5-14-7-9/h2-3,5,7,15H,4,6H2,1H3. The fourth-order valence-electron chi connectivity index (χ4n) is 1.46. The molecular weight excluding hydrogens is 276 g/mol. The maximum atomic E-state index is 11.9. The molecule has 2 aromatic rings. The van der Waals surface area contributed by atoms with E-state index < -0.39 is 0 Å². The molecular formula is C12H12N6OS. The second-order valence-electron chi connectivity index (χ2n) is 3.87. The fourth-order valence-corrected chi connectivity index (χ4v) is 2.27. The molecule has 2 heterocycles.